The summed E-state index contributed by atoms with van der Waals surface area (Å²) in [5.74, 6) is 0. The van der Waals surface area contributed by atoms with Gasteiger partial charge in [-0.25, -0.2) is 0 Å². The van der Waals surface area contributed by atoms with E-state index in [4.69, 9.17) is 8.83 Å². The third-order valence-electron chi connectivity index (χ3n) is 10.4. The summed E-state index contributed by atoms with van der Waals surface area (Å²) in [6.07, 6.45) is 0. The lowest BCUT2D eigenvalue weighted by atomic mass is 10.1. The molecular weight excluding hydrogens is 637 g/mol. The second-order valence-corrected chi connectivity index (χ2v) is 13.3. The summed E-state index contributed by atoms with van der Waals surface area (Å²) < 4.78 is 15.7. The highest BCUT2D eigenvalue weighted by atomic mass is 16.3. The molecule has 0 saturated heterocycles. The van der Waals surface area contributed by atoms with Crippen LogP contribution in [0.2, 0.25) is 0 Å². The maximum atomic E-state index is 6.68. The van der Waals surface area contributed by atoms with E-state index < -0.39 is 0 Å². The Morgan fingerprint density at radius 1 is 0.365 bits per heavy atom. The highest BCUT2D eigenvalue weighted by molar-refractivity contribution is 6.15. The molecule has 11 rings (SSSR count). The van der Waals surface area contributed by atoms with Crippen LogP contribution in [0.4, 0.5) is 17.1 Å². The van der Waals surface area contributed by atoms with Crippen molar-refractivity contribution in [1.82, 2.24) is 4.57 Å². The van der Waals surface area contributed by atoms with Crippen molar-refractivity contribution in [1.29, 1.82) is 0 Å². The lowest BCUT2D eigenvalue weighted by molar-refractivity contribution is 0.666. The highest BCUT2D eigenvalue weighted by Crippen LogP contribution is 2.47. The normalized spacial score (nSPS) is 11.8. The molecule has 0 aliphatic carbocycles. The molecule has 0 bridgehead atoms. The van der Waals surface area contributed by atoms with E-state index in [2.05, 4.69) is 167 Å². The molecule has 0 unspecified atom stereocenters. The number of para-hydroxylation sites is 5. The first-order valence-corrected chi connectivity index (χ1v) is 17.6. The van der Waals surface area contributed by atoms with Gasteiger partial charge in [-0.15, -0.1) is 0 Å². The van der Waals surface area contributed by atoms with Crippen LogP contribution in [-0.4, -0.2) is 4.57 Å². The average Bonchev–Trinajstić information content (AvgIpc) is 3.89. The van der Waals surface area contributed by atoms with Crippen molar-refractivity contribution in [2.75, 3.05) is 4.90 Å². The Labute approximate surface area is 299 Å². The lowest BCUT2D eigenvalue weighted by Gasteiger charge is -2.26. The van der Waals surface area contributed by atoms with Crippen LogP contribution in [-0.2, 0) is 0 Å². The number of hydrogen-bond acceptors (Lipinski definition) is 3. The van der Waals surface area contributed by atoms with Crippen molar-refractivity contribution in [2.24, 2.45) is 0 Å². The van der Waals surface area contributed by atoms with Crippen LogP contribution in [0.3, 0.4) is 0 Å². The van der Waals surface area contributed by atoms with Gasteiger partial charge in [-0.1, -0.05) is 127 Å². The van der Waals surface area contributed by atoms with Crippen molar-refractivity contribution < 1.29 is 8.83 Å². The smallest absolute Gasteiger partial charge is 0.159 e. The van der Waals surface area contributed by atoms with Crippen molar-refractivity contribution >= 4 is 82.7 Å². The van der Waals surface area contributed by atoms with Crippen LogP contribution >= 0.6 is 0 Å². The van der Waals surface area contributed by atoms with E-state index in [0.29, 0.717) is 0 Å². The number of fused-ring (bicyclic) bond motifs is 9. The van der Waals surface area contributed by atoms with Gasteiger partial charge in [0, 0.05) is 43.7 Å². The summed E-state index contributed by atoms with van der Waals surface area (Å²) >= 11 is 0. The predicted molar refractivity (Wildman–Crippen MR) is 215 cm³/mol. The van der Waals surface area contributed by atoms with Crippen LogP contribution in [0, 0.1) is 0 Å². The molecule has 4 heteroatoms. The van der Waals surface area contributed by atoms with Gasteiger partial charge in [-0.05, 0) is 65.7 Å². The third kappa shape index (κ3) is 4.28. The summed E-state index contributed by atoms with van der Waals surface area (Å²) in [4.78, 5) is 2.30. The fourth-order valence-electron chi connectivity index (χ4n) is 8.03. The van der Waals surface area contributed by atoms with Crippen molar-refractivity contribution in [3.8, 4) is 16.8 Å². The second-order valence-electron chi connectivity index (χ2n) is 13.3. The third-order valence-corrected chi connectivity index (χ3v) is 10.4. The van der Waals surface area contributed by atoms with Crippen LogP contribution in [0.15, 0.2) is 191 Å². The molecule has 3 aromatic heterocycles. The number of aromatic nitrogens is 1. The van der Waals surface area contributed by atoms with Gasteiger partial charge in [0.2, 0.25) is 0 Å². The Morgan fingerprint density at radius 2 is 0.885 bits per heavy atom. The zero-order valence-corrected chi connectivity index (χ0v) is 28.0. The van der Waals surface area contributed by atoms with E-state index in [-0.39, 0.29) is 0 Å². The predicted octanol–water partition coefficient (Wildman–Crippen LogP) is 13.7. The first-order valence-electron chi connectivity index (χ1n) is 17.6. The summed E-state index contributed by atoms with van der Waals surface area (Å²) in [5.41, 5.74) is 12.0. The number of benzene rings is 8. The van der Waals surface area contributed by atoms with E-state index >= 15 is 0 Å². The molecule has 11 aromatic rings. The number of nitrogens with zero attached hydrogens (tertiary/aromatic N) is 2. The van der Waals surface area contributed by atoms with Gasteiger partial charge in [0.05, 0.1) is 22.4 Å². The lowest BCUT2D eigenvalue weighted by Crippen LogP contribution is -2.10. The minimum Gasteiger partial charge on any atom is -0.454 e. The van der Waals surface area contributed by atoms with Gasteiger partial charge in [0.1, 0.15) is 11.2 Å². The molecule has 52 heavy (non-hydrogen) atoms. The molecule has 0 atom stereocenters. The average molecular weight is 667 g/mol. The minimum atomic E-state index is 0.828. The highest BCUT2D eigenvalue weighted by Gasteiger charge is 2.24. The maximum Gasteiger partial charge on any atom is 0.159 e. The number of anilines is 3. The molecule has 244 valence electrons. The molecule has 0 aliphatic rings. The molecule has 0 N–H and O–H groups in total. The number of furan rings is 2. The minimum absolute atomic E-state index is 0.828. The first-order chi connectivity index (χ1) is 25.8. The Morgan fingerprint density at radius 3 is 1.54 bits per heavy atom. The quantitative estimate of drug-likeness (QED) is 0.183. The van der Waals surface area contributed by atoms with Crippen LogP contribution in [0.5, 0.6) is 0 Å². The molecule has 0 amide bonds. The van der Waals surface area contributed by atoms with Gasteiger partial charge >= 0.3 is 0 Å². The molecule has 0 saturated carbocycles. The molecular formula is C48H30N2O2. The van der Waals surface area contributed by atoms with Gasteiger partial charge in [-0.2, -0.15) is 0 Å². The van der Waals surface area contributed by atoms with Gasteiger partial charge in [0.25, 0.3) is 0 Å². The summed E-state index contributed by atoms with van der Waals surface area (Å²) in [7, 11) is 0. The number of hydrogen-bond donors (Lipinski definition) is 0. The molecule has 4 nitrogen and oxygen atoms in total. The van der Waals surface area contributed by atoms with E-state index in [1.807, 2.05) is 24.3 Å². The molecule has 0 aliphatic heterocycles. The van der Waals surface area contributed by atoms with Crippen molar-refractivity contribution in [2.45, 2.75) is 0 Å². The zero-order valence-electron chi connectivity index (χ0n) is 28.0. The van der Waals surface area contributed by atoms with Crippen LogP contribution in [0.25, 0.3) is 82.5 Å². The molecule has 0 fully saturated rings. The van der Waals surface area contributed by atoms with Crippen molar-refractivity contribution in [3.63, 3.8) is 0 Å². The molecule has 0 radical (unpaired) electrons. The van der Waals surface area contributed by atoms with E-state index in [9.17, 15) is 0 Å². The van der Waals surface area contributed by atoms with Gasteiger partial charge < -0.3 is 18.3 Å². The SMILES string of the molecule is c1ccc(-c2ccc(-n3c4ccccc4c4ccc(N(c5cccc6c5oc5ccccc56)c5cccc6c5oc5ccccc56)cc43)cc2)cc1. The first kappa shape index (κ1) is 28.8. The number of rotatable bonds is 5. The van der Waals surface area contributed by atoms with E-state index in [0.717, 1.165) is 77.7 Å². The van der Waals surface area contributed by atoms with Crippen molar-refractivity contribution in [3.05, 3.63) is 182 Å². The molecule has 0 spiro atoms. The van der Waals surface area contributed by atoms with E-state index in [1.165, 1.54) is 21.9 Å². The topological polar surface area (TPSA) is 34.5 Å². The second kappa shape index (κ2) is 11.2. The largest absolute Gasteiger partial charge is 0.454 e. The monoisotopic (exact) mass is 666 g/mol. The fourth-order valence-corrected chi connectivity index (χ4v) is 8.03. The van der Waals surface area contributed by atoms with Gasteiger partial charge in [-0.3, -0.25) is 0 Å². The van der Waals surface area contributed by atoms with Crippen LogP contribution in [0.1, 0.15) is 0 Å². The molecule has 3 heterocycles. The van der Waals surface area contributed by atoms with Gasteiger partial charge in [0.15, 0.2) is 11.2 Å². The Bertz CT molecular complexity index is 3020. The zero-order chi connectivity index (χ0) is 34.2. The summed E-state index contributed by atoms with van der Waals surface area (Å²) in [6, 6.07) is 64.2. The summed E-state index contributed by atoms with van der Waals surface area (Å²) in [5, 5.41) is 6.73. The summed E-state index contributed by atoms with van der Waals surface area (Å²) in [6.45, 7) is 0. The van der Waals surface area contributed by atoms with E-state index in [1.54, 1.807) is 0 Å². The standard InChI is InChI=1S/C48H30N2O2/c1-2-12-31(13-3-1)32-24-26-33(27-25-32)49-41-19-7-4-14-35(41)36-29-28-34(30-44(36)49)50(42-20-10-17-39-37-15-5-8-22-45(37)51-47(39)42)43-21-11-18-40-38-16-6-9-23-46(38)52-48(40)43/h1-30H. The Hall–Kier alpha value is -7.04. The Kier molecular flexibility index (Phi) is 6.22. The Balaban J connectivity index is 1.19. The molecule has 8 aromatic carbocycles. The van der Waals surface area contributed by atoms with Crippen LogP contribution < -0.4 is 4.90 Å². The fraction of sp³-hybridized carbons (Fsp3) is 0. The maximum absolute atomic E-state index is 6.68.